The van der Waals surface area contributed by atoms with Gasteiger partial charge in [0.05, 0.1) is 6.61 Å². The summed E-state index contributed by atoms with van der Waals surface area (Å²) in [7, 11) is 0. The second kappa shape index (κ2) is 5.00. The van der Waals surface area contributed by atoms with Gasteiger partial charge in [-0.2, -0.15) is 15.0 Å². The number of nitrogen functional groups attached to an aromatic ring is 1. The highest BCUT2D eigenvalue weighted by atomic mass is 16.5. The number of aromatic nitrogens is 3. The summed E-state index contributed by atoms with van der Waals surface area (Å²) >= 11 is 0. The van der Waals surface area contributed by atoms with Crippen LogP contribution in [0.2, 0.25) is 0 Å². The quantitative estimate of drug-likeness (QED) is 0.895. The first-order chi connectivity index (χ1) is 8.61. The van der Waals surface area contributed by atoms with Crippen LogP contribution in [-0.4, -0.2) is 21.6 Å². The minimum atomic E-state index is 0.171. The minimum Gasteiger partial charge on any atom is -0.464 e. The molecule has 5 nitrogen and oxygen atoms in total. The minimum absolute atomic E-state index is 0.171. The Labute approximate surface area is 106 Å². The molecular formula is C13H16N4O. The topological polar surface area (TPSA) is 73.9 Å². The zero-order chi connectivity index (χ0) is 13.1. The molecule has 0 unspecified atom stereocenters. The van der Waals surface area contributed by atoms with Crippen LogP contribution in [0, 0.1) is 13.8 Å². The lowest BCUT2D eigenvalue weighted by Crippen LogP contribution is -2.05. The molecule has 0 amide bonds. The first-order valence-corrected chi connectivity index (χ1v) is 5.82. The fraction of sp³-hybridized carbons (Fsp3) is 0.308. The second-order valence-electron chi connectivity index (χ2n) is 3.98. The fourth-order valence-corrected chi connectivity index (χ4v) is 1.68. The van der Waals surface area contributed by atoms with Crippen LogP contribution >= 0.6 is 0 Å². The monoisotopic (exact) mass is 244 g/mol. The summed E-state index contributed by atoms with van der Waals surface area (Å²) in [4.78, 5) is 12.4. The maximum absolute atomic E-state index is 5.67. The van der Waals surface area contributed by atoms with Gasteiger partial charge in [0.2, 0.25) is 5.95 Å². The molecule has 0 saturated heterocycles. The van der Waals surface area contributed by atoms with Crippen LogP contribution in [-0.2, 0) is 0 Å². The highest BCUT2D eigenvalue weighted by Crippen LogP contribution is 2.23. The van der Waals surface area contributed by atoms with Gasteiger partial charge in [-0.05, 0) is 31.9 Å². The first kappa shape index (κ1) is 12.3. The second-order valence-corrected chi connectivity index (χ2v) is 3.98. The smallest absolute Gasteiger partial charge is 0.321 e. The SMILES string of the molecule is CCOc1nc(N)nc(-c2cccc(C)c2C)n1. The lowest BCUT2D eigenvalue weighted by molar-refractivity contribution is 0.312. The largest absolute Gasteiger partial charge is 0.464 e. The summed E-state index contributed by atoms with van der Waals surface area (Å²) < 4.78 is 5.28. The molecule has 2 N–H and O–H groups in total. The maximum Gasteiger partial charge on any atom is 0.321 e. The number of aryl methyl sites for hydroxylation is 1. The third-order valence-corrected chi connectivity index (χ3v) is 2.75. The molecule has 2 aromatic rings. The molecule has 0 fully saturated rings. The molecule has 0 radical (unpaired) electrons. The molecule has 0 aliphatic heterocycles. The Balaban J connectivity index is 2.53. The number of hydrogen-bond acceptors (Lipinski definition) is 5. The molecule has 0 atom stereocenters. The molecule has 0 aliphatic rings. The Morgan fingerprint density at radius 2 is 1.94 bits per heavy atom. The first-order valence-electron chi connectivity index (χ1n) is 5.82. The number of rotatable bonds is 3. The van der Waals surface area contributed by atoms with Gasteiger partial charge in [-0.25, -0.2) is 0 Å². The average Bonchev–Trinajstić information content (AvgIpc) is 2.32. The Bertz CT molecular complexity index is 569. The predicted molar refractivity (Wildman–Crippen MR) is 70.3 cm³/mol. The van der Waals surface area contributed by atoms with Gasteiger partial charge in [0, 0.05) is 5.56 Å². The van der Waals surface area contributed by atoms with Gasteiger partial charge in [-0.15, -0.1) is 0 Å². The van der Waals surface area contributed by atoms with Crippen molar-refractivity contribution in [3.63, 3.8) is 0 Å². The van der Waals surface area contributed by atoms with E-state index in [2.05, 4.69) is 15.0 Å². The van der Waals surface area contributed by atoms with Crippen LogP contribution in [0.15, 0.2) is 18.2 Å². The molecule has 18 heavy (non-hydrogen) atoms. The van der Waals surface area contributed by atoms with Crippen molar-refractivity contribution in [3.8, 4) is 17.4 Å². The van der Waals surface area contributed by atoms with E-state index in [4.69, 9.17) is 10.5 Å². The van der Waals surface area contributed by atoms with Gasteiger partial charge in [-0.1, -0.05) is 18.2 Å². The summed E-state index contributed by atoms with van der Waals surface area (Å²) in [6, 6.07) is 6.25. The molecule has 0 aliphatic carbocycles. The Morgan fingerprint density at radius 1 is 1.17 bits per heavy atom. The highest BCUT2D eigenvalue weighted by Gasteiger charge is 2.10. The third kappa shape index (κ3) is 2.40. The summed E-state index contributed by atoms with van der Waals surface area (Å²) in [6.07, 6.45) is 0. The van der Waals surface area contributed by atoms with Gasteiger partial charge < -0.3 is 10.5 Å². The van der Waals surface area contributed by atoms with E-state index in [9.17, 15) is 0 Å². The van der Waals surface area contributed by atoms with Crippen LogP contribution < -0.4 is 10.5 Å². The van der Waals surface area contributed by atoms with Crippen molar-refractivity contribution in [2.24, 2.45) is 0 Å². The Kier molecular flexibility index (Phi) is 3.41. The normalized spacial score (nSPS) is 10.4. The zero-order valence-electron chi connectivity index (χ0n) is 10.8. The molecule has 0 spiro atoms. The molecule has 5 heteroatoms. The standard InChI is InChI=1S/C13H16N4O/c1-4-18-13-16-11(15-12(14)17-13)10-7-5-6-8(2)9(10)3/h5-7H,4H2,1-3H3,(H2,14,15,16,17). The van der Waals surface area contributed by atoms with E-state index in [1.54, 1.807) is 0 Å². The fourth-order valence-electron chi connectivity index (χ4n) is 1.68. The van der Waals surface area contributed by atoms with Crippen molar-refractivity contribution >= 4 is 5.95 Å². The van der Waals surface area contributed by atoms with Crippen LogP contribution in [0.4, 0.5) is 5.95 Å². The molecule has 0 bridgehead atoms. The van der Waals surface area contributed by atoms with Gasteiger partial charge in [0.1, 0.15) is 0 Å². The number of hydrogen-bond donors (Lipinski definition) is 1. The van der Waals surface area contributed by atoms with E-state index in [0.717, 1.165) is 11.1 Å². The van der Waals surface area contributed by atoms with Crippen molar-refractivity contribution in [3.05, 3.63) is 29.3 Å². The summed E-state index contributed by atoms with van der Waals surface area (Å²) in [5.74, 6) is 0.719. The lowest BCUT2D eigenvalue weighted by atomic mass is 10.0. The van der Waals surface area contributed by atoms with Crippen molar-refractivity contribution in [2.45, 2.75) is 20.8 Å². The zero-order valence-corrected chi connectivity index (χ0v) is 10.8. The van der Waals surface area contributed by atoms with Gasteiger partial charge in [0.25, 0.3) is 0 Å². The summed E-state index contributed by atoms with van der Waals surface area (Å²) in [5, 5.41) is 0. The molecule has 0 saturated carbocycles. The van der Waals surface area contributed by atoms with Crippen LogP contribution in [0.5, 0.6) is 6.01 Å². The van der Waals surface area contributed by atoms with E-state index in [-0.39, 0.29) is 12.0 Å². The van der Waals surface area contributed by atoms with Gasteiger partial charge >= 0.3 is 6.01 Å². The van der Waals surface area contributed by atoms with Crippen LogP contribution in [0.25, 0.3) is 11.4 Å². The molecule has 1 aromatic heterocycles. The van der Waals surface area contributed by atoms with E-state index in [0.29, 0.717) is 12.4 Å². The number of ether oxygens (including phenoxy) is 1. The number of nitrogens with two attached hydrogens (primary N) is 1. The number of anilines is 1. The number of benzene rings is 1. The van der Waals surface area contributed by atoms with Crippen molar-refractivity contribution in [1.82, 2.24) is 15.0 Å². The Morgan fingerprint density at radius 3 is 2.67 bits per heavy atom. The van der Waals surface area contributed by atoms with Gasteiger partial charge in [-0.3, -0.25) is 0 Å². The molecular weight excluding hydrogens is 228 g/mol. The number of nitrogens with zero attached hydrogens (tertiary/aromatic N) is 3. The lowest BCUT2D eigenvalue weighted by Gasteiger charge is -2.09. The predicted octanol–water partition coefficient (Wildman–Crippen LogP) is 2.14. The summed E-state index contributed by atoms with van der Waals surface area (Å²) in [5.41, 5.74) is 8.94. The van der Waals surface area contributed by atoms with E-state index in [1.165, 1.54) is 5.56 Å². The molecule has 1 heterocycles. The molecule has 94 valence electrons. The van der Waals surface area contributed by atoms with Crippen molar-refractivity contribution < 1.29 is 4.74 Å². The molecule has 1 aromatic carbocycles. The Hall–Kier alpha value is -2.17. The van der Waals surface area contributed by atoms with Crippen molar-refractivity contribution in [1.29, 1.82) is 0 Å². The van der Waals surface area contributed by atoms with E-state index >= 15 is 0 Å². The van der Waals surface area contributed by atoms with Gasteiger partial charge in [0.15, 0.2) is 5.82 Å². The molecule has 2 rings (SSSR count). The highest BCUT2D eigenvalue weighted by molar-refractivity contribution is 5.62. The average molecular weight is 244 g/mol. The van der Waals surface area contributed by atoms with E-state index in [1.807, 2.05) is 39.0 Å². The summed E-state index contributed by atoms with van der Waals surface area (Å²) in [6.45, 7) is 6.45. The maximum atomic E-state index is 5.67. The van der Waals surface area contributed by atoms with E-state index < -0.39 is 0 Å². The van der Waals surface area contributed by atoms with Crippen molar-refractivity contribution in [2.75, 3.05) is 12.3 Å². The van der Waals surface area contributed by atoms with Crippen LogP contribution in [0.3, 0.4) is 0 Å². The van der Waals surface area contributed by atoms with Crippen LogP contribution in [0.1, 0.15) is 18.1 Å². The third-order valence-electron chi connectivity index (χ3n) is 2.75.